The minimum absolute atomic E-state index is 0.441. The van der Waals surface area contributed by atoms with Crippen molar-refractivity contribution in [1.29, 1.82) is 0 Å². The summed E-state index contributed by atoms with van der Waals surface area (Å²) in [7, 11) is 0. The van der Waals surface area contributed by atoms with E-state index in [1.165, 1.54) is 0 Å². The van der Waals surface area contributed by atoms with Gasteiger partial charge in [-0.25, -0.2) is 18.2 Å². The van der Waals surface area contributed by atoms with Crippen molar-refractivity contribution in [3.63, 3.8) is 0 Å². The summed E-state index contributed by atoms with van der Waals surface area (Å²) >= 11 is 0. The fourth-order valence-corrected chi connectivity index (χ4v) is 1.06. The van der Waals surface area contributed by atoms with E-state index < -0.39 is 41.9 Å². The Bertz CT molecular complexity index is 387. The monoisotopic (exact) mass is 244 g/mol. The predicted molar refractivity (Wildman–Crippen MR) is 42.0 cm³/mol. The molecule has 90 valence electrons. The summed E-state index contributed by atoms with van der Waals surface area (Å²) in [4.78, 5) is 2.85. The van der Waals surface area contributed by atoms with Crippen molar-refractivity contribution >= 4 is 0 Å². The molecular weight excluding hydrogens is 238 g/mol. The van der Waals surface area contributed by atoms with E-state index in [4.69, 9.17) is 5.73 Å². The molecule has 0 spiro atoms. The van der Waals surface area contributed by atoms with Gasteiger partial charge in [-0.3, -0.25) is 0 Å². The van der Waals surface area contributed by atoms with Gasteiger partial charge in [-0.05, 0) is 6.07 Å². The van der Waals surface area contributed by atoms with Crippen LogP contribution in [0.3, 0.4) is 0 Å². The van der Waals surface area contributed by atoms with Crippen LogP contribution in [0, 0.1) is 5.82 Å². The summed E-state index contributed by atoms with van der Waals surface area (Å²) in [6.07, 6.45) is -8.48. The van der Waals surface area contributed by atoms with Gasteiger partial charge in [0.15, 0.2) is 11.5 Å². The van der Waals surface area contributed by atoms with Gasteiger partial charge in [0.2, 0.25) is 0 Å². The molecule has 0 aliphatic heterocycles. The molecular formula is C8H6F6N2. The van der Waals surface area contributed by atoms with Gasteiger partial charge in [-0.1, -0.05) is 0 Å². The molecule has 0 fully saturated rings. The standard InChI is InChI=1S/C8H6F6N2/c9-5-4(7(10)11)1-3(2-15)16-6(5)8(12,13)14/h1,7H,2,15H2. The lowest BCUT2D eigenvalue weighted by Crippen LogP contribution is -2.16. The molecule has 0 atom stereocenters. The van der Waals surface area contributed by atoms with Crippen LogP contribution in [0.5, 0.6) is 0 Å². The van der Waals surface area contributed by atoms with Crippen molar-refractivity contribution in [2.24, 2.45) is 5.73 Å². The van der Waals surface area contributed by atoms with Crippen LogP contribution in [-0.2, 0) is 12.7 Å². The van der Waals surface area contributed by atoms with Gasteiger partial charge >= 0.3 is 6.18 Å². The van der Waals surface area contributed by atoms with Crippen LogP contribution >= 0.6 is 0 Å². The zero-order chi connectivity index (χ0) is 12.5. The zero-order valence-electron chi connectivity index (χ0n) is 7.65. The smallest absolute Gasteiger partial charge is 0.325 e. The second kappa shape index (κ2) is 4.28. The molecule has 2 nitrogen and oxygen atoms in total. The maximum absolute atomic E-state index is 13.0. The summed E-state index contributed by atoms with van der Waals surface area (Å²) in [6.45, 7) is -0.483. The van der Waals surface area contributed by atoms with Crippen LogP contribution in [0.25, 0.3) is 0 Å². The Balaban J connectivity index is 3.44. The minimum atomic E-state index is -5.13. The third-order valence-corrected chi connectivity index (χ3v) is 1.75. The number of halogens is 6. The topological polar surface area (TPSA) is 38.9 Å². The van der Waals surface area contributed by atoms with E-state index >= 15 is 0 Å². The fourth-order valence-electron chi connectivity index (χ4n) is 1.06. The number of nitrogens with two attached hydrogens (primary N) is 1. The van der Waals surface area contributed by atoms with Crippen LogP contribution in [-0.4, -0.2) is 4.98 Å². The molecule has 0 saturated heterocycles. The lowest BCUT2D eigenvalue weighted by atomic mass is 10.1. The van der Waals surface area contributed by atoms with Gasteiger partial charge < -0.3 is 5.73 Å². The van der Waals surface area contributed by atoms with E-state index in [9.17, 15) is 26.3 Å². The first-order chi connectivity index (χ1) is 7.27. The molecule has 0 bridgehead atoms. The quantitative estimate of drug-likeness (QED) is 0.812. The van der Waals surface area contributed by atoms with Gasteiger partial charge in [-0.2, -0.15) is 13.2 Å². The van der Waals surface area contributed by atoms with Crippen molar-refractivity contribution < 1.29 is 26.3 Å². The molecule has 0 aliphatic rings. The van der Waals surface area contributed by atoms with Crippen LogP contribution in [0.4, 0.5) is 26.3 Å². The van der Waals surface area contributed by atoms with Crippen LogP contribution in [0.15, 0.2) is 6.07 Å². The SMILES string of the molecule is NCc1cc(C(F)F)c(F)c(C(F)(F)F)n1. The summed E-state index contributed by atoms with van der Waals surface area (Å²) < 4.78 is 74.2. The third kappa shape index (κ3) is 2.43. The van der Waals surface area contributed by atoms with Gasteiger partial charge in [-0.15, -0.1) is 0 Å². The van der Waals surface area contributed by atoms with Gasteiger partial charge in [0.05, 0.1) is 11.3 Å². The van der Waals surface area contributed by atoms with Crippen LogP contribution < -0.4 is 5.73 Å². The number of rotatable bonds is 2. The Morgan fingerprint density at radius 1 is 1.31 bits per heavy atom. The summed E-state index contributed by atoms with van der Waals surface area (Å²) in [5, 5.41) is 0. The highest BCUT2D eigenvalue weighted by molar-refractivity contribution is 5.26. The number of hydrogen-bond acceptors (Lipinski definition) is 2. The first-order valence-corrected chi connectivity index (χ1v) is 4.02. The van der Waals surface area contributed by atoms with Crippen molar-refractivity contribution in [3.05, 3.63) is 28.8 Å². The van der Waals surface area contributed by atoms with E-state index in [-0.39, 0.29) is 0 Å². The van der Waals surface area contributed by atoms with Crippen molar-refractivity contribution in [2.75, 3.05) is 0 Å². The maximum atomic E-state index is 13.0. The average Bonchev–Trinajstić information content (AvgIpc) is 2.15. The normalized spacial score (nSPS) is 12.2. The number of pyridine rings is 1. The Labute approximate surface area is 86.1 Å². The zero-order valence-corrected chi connectivity index (χ0v) is 7.65. The fraction of sp³-hybridized carbons (Fsp3) is 0.375. The molecule has 0 unspecified atom stereocenters. The lowest BCUT2D eigenvalue weighted by Gasteiger charge is -2.11. The van der Waals surface area contributed by atoms with E-state index in [2.05, 4.69) is 4.98 Å². The second-order valence-electron chi connectivity index (χ2n) is 2.87. The van der Waals surface area contributed by atoms with Crippen LogP contribution in [0.2, 0.25) is 0 Å². The molecule has 8 heteroatoms. The Morgan fingerprint density at radius 2 is 1.88 bits per heavy atom. The molecule has 2 N–H and O–H groups in total. The van der Waals surface area contributed by atoms with Crippen molar-refractivity contribution in [1.82, 2.24) is 4.98 Å². The van der Waals surface area contributed by atoms with Gasteiger partial charge in [0.1, 0.15) is 0 Å². The summed E-state index contributed by atoms with van der Waals surface area (Å²) in [5.41, 5.74) is 1.23. The van der Waals surface area contributed by atoms with E-state index in [0.717, 1.165) is 0 Å². The number of hydrogen-bond donors (Lipinski definition) is 1. The van der Waals surface area contributed by atoms with Gasteiger partial charge in [0, 0.05) is 6.54 Å². The maximum Gasteiger partial charge on any atom is 0.436 e. The second-order valence-corrected chi connectivity index (χ2v) is 2.87. The highest BCUT2D eigenvalue weighted by Crippen LogP contribution is 2.34. The van der Waals surface area contributed by atoms with Gasteiger partial charge in [0.25, 0.3) is 6.43 Å². The van der Waals surface area contributed by atoms with E-state index in [1.54, 1.807) is 0 Å². The lowest BCUT2D eigenvalue weighted by molar-refractivity contribution is -0.144. The molecule has 1 aromatic heterocycles. The van der Waals surface area contributed by atoms with E-state index in [0.29, 0.717) is 6.07 Å². The Hall–Kier alpha value is -1.31. The number of aromatic nitrogens is 1. The largest absolute Gasteiger partial charge is 0.436 e. The number of nitrogens with zero attached hydrogens (tertiary/aromatic N) is 1. The Morgan fingerprint density at radius 3 is 2.25 bits per heavy atom. The molecule has 16 heavy (non-hydrogen) atoms. The third-order valence-electron chi connectivity index (χ3n) is 1.75. The molecule has 0 radical (unpaired) electrons. The molecule has 0 aliphatic carbocycles. The molecule has 0 amide bonds. The average molecular weight is 244 g/mol. The molecule has 1 aromatic rings. The first-order valence-electron chi connectivity index (χ1n) is 4.02. The first kappa shape index (κ1) is 12.8. The minimum Gasteiger partial charge on any atom is -0.325 e. The summed E-state index contributed by atoms with van der Waals surface area (Å²) in [5.74, 6) is -2.06. The molecule has 1 rings (SSSR count). The Kier molecular flexibility index (Phi) is 3.41. The molecule has 0 aromatic carbocycles. The molecule has 0 saturated carbocycles. The van der Waals surface area contributed by atoms with Crippen LogP contribution in [0.1, 0.15) is 23.4 Å². The predicted octanol–water partition coefficient (Wildman–Crippen LogP) is 2.64. The summed E-state index contributed by atoms with van der Waals surface area (Å²) in [6, 6.07) is 0.523. The number of alkyl halides is 5. The highest BCUT2D eigenvalue weighted by atomic mass is 19.4. The van der Waals surface area contributed by atoms with E-state index in [1.807, 2.05) is 0 Å². The highest BCUT2D eigenvalue weighted by Gasteiger charge is 2.38. The van der Waals surface area contributed by atoms with Crippen molar-refractivity contribution in [3.8, 4) is 0 Å². The van der Waals surface area contributed by atoms with Crippen molar-refractivity contribution in [2.45, 2.75) is 19.1 Å². The molecule has 1 heterocycles.